The molecule has 0 aliphatic carbocycles. The van der Waals surface area contributed by atoms with E-state index in [1.54, 1.807) is 7.11 Å². The van der Waals surface area contributed by atoms with E-state index in [1.807, 2.05) is 54.8 Å². The third-order valence-corrected chi connectivity index (χ3v) is 5.63. The monoisotopic (exact) mass is 411 g/mol. The molecule has 0 aliphatic rings. The predicted molar refractivity (Wildman–Crippen MR) is 116 cm³/mol. The number of anilines is 1. The number of fused-ring (bicyclic) bond motifs is 1. The number of thiazole rings is 1. The van der Waals surface area contributed by atoms with Crippen molar-refractivity contribution >= 4 is 39.1 Å². The molecule has 3 aromatic rings. The molecule has 3 rings (SSSR count). The molecule has 2 aromatic carbocycles. The molecule has 152 valence electrons. The van der Waals surface area contributed by atoms with E-state index in [-0.39, 0.29) is 18.2 Å². The summed E-state index contributed by atoms with van der Waals surface area (Å²) in [6.07, 6.45) is 0.267. The smallest absolute Gasteiger partial charge is 0.252 e. The van der Waals surface area contributed by atoms with Crippen LogP contribution in [0.15, 0.2) is 41.4 Å². The van der Waals surface area contributed by atoms with Crippen molar-refractivity contribution in [2.75, 3.05) is 19.0 Å². The maximum absolute atomic E-state index is 12.7. The van der Waals surface area contributed by atoms with Gasteiger partial charge in [-0.05, 0) is 43.2 Å². The van der Waals surface area contributed by atoms with Gasteiger partial charge in [0.05, 0.1) is 23.2 Å². The van der Waals surface area contributed by atoms with Gasteiger partial charge >= 0.3 is 0 Å². The lowest BCUT2D eigenvalue weighted by atomic mass is 10.0. The molecule has 1 aromatic heterocycles. The minimum absolute atomic E-state index is 0.123. The van der Waals surface area contributed by atoms with E-state index in [4.69, 9.17) is 4.74 Å². The van der Waals surface area contributed by atoms with Crippen LogP contribution in [0.4, 0.5) is 5.69 Å². The number of hydrogen-bond acceptors (Lipinski definition) is 4. The molecule has 2 amide bonds. The van der Waals surface area contributed by atoms with Gasteiger partial charge in [0.15, 0.2) is 4.80 Å². The average molecular weight is 412 g/mol. The number of aryl methyl sites for hydroxylation is 2. The zero-order valence-corrected chi connectivity index (χ0v) is 17.9. The lowest BCUT2D eigenvalue weighted by Gasteiger charge is -2.06. The standard InChI is InChI=1S/C22H25N3O3S/c1-14-5-6-15(2)17(11-14)12-21(27)24-22-25(9-10-28-4)19-8-7-18(23-16(3)26)13-20(19)29-22/h5-8,11,13H,9-10,12H2,1-4H3,(H,23,26). The van der Waals surface area contributed by atoms with Crippen molar-refractivity contribution in [2.24, 2.45) is 4.99 Å². The number of carbonyl (C=O) groups excluding carboxylic acids is 2. The molecule has 1 heterocycles. The first-order valence-electron chi connectivity index (χ1n) is 9.41. The van der Waals surface area contributed by atoms with Gasteiger partial charge in [0, 0.05) is 26.3 Å². The van der Waals surface area contributed by atoms with Crippen molar-refractivity contribution in [3.05, 3.63) is 57.9 Å². The van der Waals surface area contributed by atoms with Gasteiger partial charge in [-0.3, -0.25) is 9.59 Å². The summed E-state index contributed by atoms with van der Waals surface area (Å²) in [5.74, 6) is -0.305. The van der Waals surface area contributed by atoms with Gasteiger partial charge in [0.2, 0.25) is 5.91 Å². The quantitative estimate of drug-likeness (QED) is 0.674. The molecule has 0 saturated heterocycles. The Kier molecular flexibility index (Phi) is 6.61. The molecule has 1 N–H and O–H groups in total. The maximum atomic E-state index is 12.7. The summed E-state index contributed by atoms with van der Waals surface area (Å²) in [5, 5.41) is 2.79. The topological polar surface area (TPSA) is 72.7 Å². The Bertz CT molecular complexity index is 1130. The SMILES string of the molecule is COCCn1c(=NC(=O)Cc2cc(C)ccc2C)sc2cc(NC(C)=O)ccc21. The number of ether oxygens (including phenoxy) is 1. The number of methoxy groups -OCH3 is 1. The van der Waals surface area contributed by atoms with Crippen LogP contribution in [0.5, 0.6) is 0 Å². The fourth-order valence-electron chi connectivity index (χ4n) is 3.14. The molecule has 0 fully saturated rings. The van der Waals surface area contributed by atoms with Crippen LogP contribution in [0, 0.1) is 13.8 Å². The van der Waals surface area contributed by atoms with Crippen molar-refractivity contribution < 1.29 is 14.3 Å². The summed E-state index contributed by atoms with van der Waals surface area (Å²) in [6.45, 7) is 6.60. The van der Waals surface area contributed by atoms with Gasteiger partial charge in [-0.2, -0.15) is 4.99 Å². The largest absolute Gasteiger partial charge is 0.383 e. The highest BCUT2D eigenvalue weighted by molar-refractivity contribution is 7.16. The van der Waals surface area contributed by atoms with E-state index in [9.17, 15) is 9.59 Å². The normalized spacial score (nSPS) is 11.8. The van der Waals surface area contributed by atoms with Crippen LogP contribution < -0.4 is 10.1 Å². The highest BCUT2D eigenvalue weighted by atomic mass is 32.1. The average Bonchev–Trinajstić information content (AvgIpc) is 2.98. The molecular weight excluding hydrogens is 386 g/mol. The molecule has 7 heteroatoms. The van der Waals surface area contributed by atoms with Gasteiger partial charge in [-0.15, -0.1) is 0 Å². The van der Waals surface area contributed by atoms with E-state index < -0.39 is 0 Å². The highest BCUT2D eigenvalue weighted by Gasteiger charge is 2.11. The number of rotatable bonds is 6. The summed E-state index contributed by atoms with van der Waals surface area (Å²) >= 11 is 1.43. The summed E-state index contributed by atoms with van der Waals surface area (Å²) < 4.78 is 8.16. The van der Waals surface area contributed by atoms with Crippen molar-refractivity contribution in [3.8, 4) is 0 Å². The van der Waals surface area contributed by atoms with Crippen molar-refractivity contribution in [2.45, 2.75) is 33.7 Å². The highest BCUT2D eigenvalue weighted by Crippen LogP contribution is 2.22. The summed E-state index contributed by atoms with van der Waals surface area (Å²) in [4.78, 5) is 29.1. The fourth-order valence-corrected chi connectivity index (χ4v) is 4.25. The van der Waals surface area contributed by atoms with E-state index in [2.05, 4.69) is 10.3 Å². The van der Waals surface area contributed by atoms with Gasteiger partial charge in [-0.1, -0.05) is 35.1 Å². The second-order valence-corrected chi connectivity index (χ2v) is 8.01. The lowest BCUT2D eigenvalue weighted by molar-refractivity contribution is -0.117. The van der Waals surface area contributed by atoms with Gasteiger partial charge in [-0.25, -0.2) is 0 Å². The van der Waals surface area contributed by atoms with Gasteiger partial charge < -0.3 is 14.6 Å². The van der Waals surface area contributed by atoms with Crippen LogP contribution in [0.3, 0.4) is 0 Å². The van der Waals surface area contributed by atoms with Crippen LogP contribution in [0.2, 0.25) is 0 Å². The molecule has 0 bridgehead atoms. The van der Waals surface area contributed by atoms with E-state index >= 15 is 0 Å². The first-order chi connectivity index (χ1) is 13.9. The number of carbonyl (C=O) groups is 2. The minimum atomic E-state index is -0.182. The third kappa shape index (κ3) is 5.19. The van der Waals surface area contributed by atoms with E-state index in [0.29, 0.717) is 18.0 Å². The fraction of sp³-hybridized carbons (Fsp3) is 0.318. The summed E-state index contributed by atoms with van der Waals surface area (Å²) in [6, 6.07) is 11.8. The Labute approximate surface area is 173 Å². The summed E-state index contributed by atoms with van der Waals surface area (Å²) in [5.41, 5.74) is 4.89. The zero-order valence-electron chi connectivity index (χ0n) is 17.1. The van der Waals surface area contributed by atoms with E-state index in [1.165, 1.54) is 18.3 Å². The Morgan fingerprint density at radius 2 is 1.97 bits per heavy atom. The minimum Gasteiger partial charge on any atom is -0.383 e. The van der Waals surface area contributed by atoms with Crippen LogP contribution in [-0.4, -0.2) is 30.1 Å². The third-order valence-electron chi connectivity index (χ3n) is 4.59. The molecule has 0 spiro atoms. The van der Waals surface area contributed by atoms with Gasteiger partial charge in [0.1, 0.15) is 0 Å². The Balaban J connectivity index is 1.99. The number of nitrogens with one attached hydrogen (secondary N) is 1. The van der Waals surface area contributed by atoms with Gasteiger partial charge in [0.25, 0.3) is 5.91 Å². The molecule has 0 saturated carbocycles. The molecule has 6 nitrogen and oxygen atoms in total. The van der Waals surface area contributed by atoms with Crippen molar-refractivity contribution in [1.82, 2.24) is 4.57 Å². The molecule has 0 atom stereocenters. The lowest BCUT2D eigenvalue weighted by Crippen LogP contribution is -2.20. The Morgan fingerprint density at radius 3 is 2.69 bits per heavy atom. The number of aromatic nitrogens is 1. The second kappa shape index (κ2) is 9.15. The second-order valence-electron chi connectivity index (χ2n) is 7.01. The molecule has 0 radical (unpaired) electrons. The molecular formula is C22H25N3O3S. The Morgan fingerprint density at radius 1 is 1.17 bits per heavy atom. The zero-order chi connectivity index (χ0) is 21.0. The first-order valence-corrected chi connectivity index (χ1v) is 10.2. The van der Waals surface area contributed by atoms with Crippen LogP contribution >= 0.6 is 11.3 Å². The molecule has 0 aliphatic heterocycles. The van der Waals surface area contributed by atoms with Crippen LogP contribution in [0.1, 0.15) is 23.6 Å². The first kappa shape index (κ1) is 21.0. The van der Waals surface area contributed by atoms with Crippen molar-refractivity contribution in [3.63, 3.8) is 0 Å². The molecule has 29 heavy (non-hydrogen) atoms. The molecule has 0 unspecified atom stereocenters. The summed E-state index contributed by atoms with van der Waals surface area (Å²) in [7, 11) is 1.65. The van der Waals surface area contributed by atoms with Crippen molar-refractivity contribution in [1.29, 1.82) is 0 Å². The van der Waals surface area contributed by atoms with Crippen LogP contribution in [0.25, 0.3) is 10.2 Å². The maximum Gasteiger partial charge on any atom is 0.252 e. The number of amides is 2. The Hall–Kier alpha value is -2.77. The number of nitrogens with zero attached hydrogens (tertiary/aromatic N) is 2. The van der Waals surface area contributed by atoms with E-state index in [0.717, 1.165) is 32.6 Å². The van der Waals surface area contributed by atoms with Crippen LogP contribution in [-0.2, 0) is 27.3 Å². The number of hydrogen-bond donors (Lipinski definition) is 1. The predicted octanol–water partition coefficient (Wildman–Crippen LogP) is 3.59. The number of benzene rings is 2.